The van der Waals surface area contributed by atoms with Crippen molar-refractivity contribution in [2.75, 3.05) is 12.4 Å². The minimum Gasteiger partial charge on any atom is -0.479 e. The van der Waals surface area contributed by atoms with Crippen molar-refractivity contribution in [2.45, 2.75) is 26.8 Å². The highest BCUT2D eigenvalue weighted by Crippen LogP contribution is 2.25. The lowest BCUT2D eigenvalue weighted by atomic mass is 10.1. The summed E-state index contributed by atoms with van der Waals surface area (Å²) < 4.78 is 14.5. The van der Waals surface area contributed by atoms with Gasteiger partial charge in [0.1, 0.15) is 11.4 Å². The van der Waals surface area contributed by atoms with Crippen molar-refractivity contribution in [1.82, 2.24) is 9.53 Å². The summed E-state index contributed by atoms with van der Waals surface area (Å²) in [6.07, 6.45) is 0.844. The molecule has 0 aliphatic carbocycles. The van der Waals surface area contributed by atoms with Crippen molar-refractivity contribution >= 4 is 17.2 Å². The second-order valence-electron chi connectivity index (χ2n) is 3.61. The molecule has 6 heteroatoms. The van der Waals surface area contributed by atoms with E-state index in [1.807, 2.05) is 12.3 Å². The summed E-state index contributed by atoms with van der Waals surface area (Å²) in [5.41, 5.74) is 2.94. The van der Waals surface area contributed by atoms with Crippen LogP contribution in [0.5, 0.6) is 5.88 Å². The van der Waals surface area contributed by atoms with Gasteiger partial charge < -0.3 is 14.6 Å². The topological polar surface area (TPSA) is 60.2 Å². The van der Waals surface area contributed by atoms with Crippen molar-refractivity contribution in [1.29, 1.82) is 0 Å². The summed E-state index contributed by atoms with van der Waals surface area (Å²) in [5.74, 6) is 1.55. The van der Waals surface area contributed by atoms with Crippen molar-refractivity contribution in [3.63, 3.8) is 0 Å². The molecule has 2 aromatic heterocycles. The lowest BCUT2D eigenvalue weighted by Gasteiger charge is -2.05. The van der Waals surface area contributed by atoms with Crippen LogP contribution in [-0.2, 0) is 13.0 Å². The molecule has 0 atom stereocenters. The number of hydrogen-bond donors (Lipinski definition) is 1. The zero-order chi connectivity index (χ0) is 12.3. The fraction of sp³-hybridized carbons (Fsp3) is 0.455. The Morgan fingerprint density at radius 2 is 2.35 bits per heavy atom. The molecule has 0 aromatic carbocycles. The van der Waals surface area contributed by atoms with E-state index in [2.05, 4.69) is 21.8 Å². The number of anilines is 1. The standard InChI is InChI=1S/C11H15N3O2S/c1-4-10-8(7(2)13-16-10)5-12-9-6-17-14-11(9)15-3/h6,12H,4-5H2,1-3H3. The van der Waals surface area contributed by atoms with Crippen LogP contribution in [0.15, 0.2) is 9.90 Å². The van der Waals surface area contributed by atoms with Crippen LogP contribution >= 0.6 is 11.5 Å². The minimum absolute atomic E-state index is 0.627. The quantitative estimate of drug-likeness (QED) is 0.887. The maximum atomic E-state index is 5.24. The summed E-state index contributed by atoms with van der Waals surface area (Å²) in [7, 11) is 1.61. The van der Waals surface area contributed by atoms with Gasteiger partial charge in [0.2, 0.25) is 5.88 Å². The van der Waals surface area contributed by atoms with Gasteiger partial charge in [0.05, 0.1) is 12.8 Å². The Balaban J connectivity index is 2.09. The van der Waals surface area contributed by atoms with Crippen LogP contribution in [-0.4, -0.2) is 16.6 Å². The smallest absolute Gasteiger partial charge is 0.248 e. The molecule has 0 aliphatic rings. The Hall–Kier alpha value is -1.56. The SMILES string of the molecule is CCc1onc(C)c1CNc1csnc1OC. The Morgan fingerprint density at radius 1 is 1.53 bits per heavy atom. The highest BCUT2D eigenvalue weighted by molar-refractivity contribution is 7.04. The first-order valence-corrected chi connectivity index (χ1v) is 6.26. The third kappa shape index (κ3) is 2.41. The summed E-state index contributed by atoms with van der Waals surface area (Å²) in [6.45, 7) is 4.67. The molecule has 1 N–H and O–H groups in total. The average molecular weight is 253 g/mol. The van der Waals surface area contributed by atoms with Crippen LogP contribution in [0.2, 0.25) is 0 Å². The molecular formula is C11H15N3O2S. The largest absolute Gasteiger partial charge is 0.479 e. The molecule has 17 heavy (non-hydrogen) atoms. The van der Waals surface area contributed by atoms with Gasteiger partial charge in [0, 0.05) is 23.9 Å². The Morgan fingerprint density at radius 3 is 3.06 bits per heavy atom. The third-order valence-corrected chi connectivity index (χ3v) is 3.19. The predicted molar refractivity (Wildman–Crippen MR) is 66.6 cm³/mol. The minimum atomic E-state index is 0.627. The lowest BCUT2D eigenvalue weighted by Crippen LogP contribution is -2.02. The number of rotatable bonds is 5. The third-order valence-electron chi connectivity index (χ3n) is 2.57. The lowest BCUT2D eigenvalue weighted by molar-refractivity contribution is 0.382. The predicted octanol–water partition coefficient (Wildman–Crippen LogP) is 2.62. The second-order valence-corrected chi connectivity index (χ2v) is 4.24. The number of aryl methyl sites for hydroxylation is 2. The summed E-state index contributed by atoms with van der Waals surface area (Å²) in [4.78, 5) is 0. The maximum absolute atomic E-state index is 5.24. The number of nitrogens with one attached hydrogen (secondary N) is 1. The van der Waals surface area contributed by atoms with E-state index in [1.165, 1.54) is 11.5 Å². The molecule has 0 aliphatic heterocycles. The average Bonchev–Trinajstić information content (AvgIpc) is 2.92. The van der Waals surface area contributed by atoms with E-state index in [0.717, 1.165) is 29.1 Å². The molecule has 0 bridgehead atoms. The first kappa shape index (κ1) is 11.9. The van der Waals surface area contributed by atoms with E-state index in [9.17, 15) is 0 Å². The molecule has 0 radical (unpaired) electrons. The molecule has 2 aromatic rings. The van der Waals surface area contributed by atoms with Gasteiger partial charge >= 0.3 is 0 Å². The Labute approximate surface area is 104 Å². The van der Waals surface area contributed by atoms with E-state index in [0.29, 0.717) is 12.4 Å². The van der Waals surface area contributed by atoms with Gasteiger partial charge in [-0.25, -0.2) is 0 Å². The van der Waals surface area contributed by atoms with E-state index >= 15 is 0 Å². The second kappa shape index (κ2) is 5.18. The molecule has 0 saturated carbocycles. The van der Waals surface area contributed by atoms with Gasteiger partial charge in [-0.1, -0.05) is 12.1 Å². The summed E-state index contributed by atoms with van der Waals surface area (Å²) in [6, 6.07) is 0. The molecule has 0 saturated heterocycles. The number of methoxy groups -OCH3 is 1. The fourth-order valence-electron chi connectivity index (χ4n) is 1.61. The summed E-state index contributed by atoms with van der Waals surface area (Å²) in [5, 5.41) is 9.18. The molecule has 5 nitrogen and oxygen atoms in total. The van der Waals surface area contributed by atoms with Crippen molar-refractivity contribution < 1.29 is 9.26 Å². The van der Waals surface area contributed by atoms with E-state index < -0.39 is 0 Å². The Bertz CT molecular complexity index is 493. The highest BCUT2D eigenvalue weighted by Gasteiger charge is 2.12. The first-order chi connectivity index (χ1) is 8.26. The number of aromatic nitrogens is 2. The zero-order valence-electron chi connectivity index (χ0n) is 10.1. The zero-order valence-corrected chi connectivity index (χ0v) is 10.9. The van der Waals surface area contributed by atoms with E-state index in [4.69, 9.17) is 9.26 Å². The maximum Gasteiger partial charge on any atom is 0.248 e. The van der Waals surface area contributed by atoms with Gasteiger partial charge in [0.15, 0.2) is 0 Å². The van der Waals surface area contributed by atoms with Crippen LogP contribution in [0.1, 0.15) is 23.9 Å². The molecule has 0 amide bonds. The molecule has 0 unspecified atom stereocenters. The number of nitrogens with zero attached hydrogens (tertiary/aromatic N) is 2. The van der Waals surface area contributed by atoms with Gasteiger partial charge in [-0.2, -0.15) is 4.37 Å². The van der Waals surface area contributed by atoms with Crippen molar-refractivity contribution in [3.8, 4) is 5.88 Å². The molecule has 2 rings (SSSR count). The first-order valence-electron chi connectivity index (χ1n) is 5.42. The molecule has 0 spiro atoms. The Kier molecular flexibility index (Phi) is 3.63. The summed E-state index contributed by atoms with van der Waals surface area (Å²) >= 11 is 1.37. The van der Waals surface area contributed by atoms with Crippen molar-refractivity contribution in [2.24, 2.45) is 0 Å². The van der Waals surface area contributed by atoms with E-state index in [-0.39, 0.29) is 0 Å². The monoisotopic (exact) mass is 253 g/mol. The van der Waals surface area contributed by atoms with Crippen LogP contribution in [0, 0.1) is 6.92 Å². The number of ether oxygens (including phenoxy) is 1. The van der Waals surface area contributed by atoms with Gasteiger partial charge in [0.25, 0.3) is 0 Å². The van der Waals surface area contributed by atoms with Gasteiger partial charge in [-0.05, 0) is 18.5 Å². The normalized spacial score (nSPS) is 10.5. The van der Waals surface area contributed by atoms with E-state index in [1.54, 1.807) is 7.11 Å². The molecular weight excluding hydrogens is 238 g/mol. The highest BCUT2D eigenvalue weighted by atomic mass is 32.1. The van der Waals surface area contributed by atoms with Crippen LogP contribution < -0.4 is 10.1 Å². The molecule has 0 fully saturated rings. The molecule has 92 valence electrons. The van der Waals surface area contributed by atoms with Gasteiger partial charge in [-0.15, -0.1) is 0 Å². The number of hydrogen-bond acceptors (Lipinski definition) is 6. The van der Waals surface area contributed by atoms with Crippen LogP contribution in [0.4, 0.5) is 5.69 Å². The van der Waals surface area contributed by atoms with Crippen molar-refractivity contribution in [3.05, 3.63) is 22.4 Å². The fourth-order valence-corrected chi connectivity index (χ4v) is 2.23. The van der Waals surface area contributed by atoms with Crippen LogP contribution in [0.25, 0.3) is 0 Å². The molecule has 2 heterocycles. The van der Waals surface area contributed by atoms with Crippen LogP contribution in [0.3, 0.4) is 0 Å². The van der Waals surface area contributed by atoms with Gasteiger partial charge in [-0.3, -0.25) is 0 Å².